The van der Waals surface area contributed by atoms with Crippen molar-refractivity contribution in [2.24, 2.45) is 0 Å². The lowest BCUT2D eigenvalue weighted by Gasteiger charge is -2.17. The number of aromatic nitrogens is 2. The van der Waals surface area contributed by atoms with Gasteiger partial charge >= 0.3 is 0 Å². The normalized spacial score (nSPS) is 12.4. The molecule has 1 aromatic rings. The Balaban J connectivity index is 2.60. The molecule has 0 spiro atoms. The quantitative estimate of drug-likeness (QED) is 0.736. The minimum atomic E-state index is -0.201. The standard InChI is InChI=1S/C10H17N3O2/c1-3-4-8(7-15-2)12-9-5-10(14)13-11-6-9/h5-6,8H,3-4,7H2,1-2H3,(H2,12,13,14). The Morgan fingerprint density at radius 3 is 3.07 bits per heavy atom. The maximum absolute atomic E-state index is 11.0. The van der Waals surface area contributed by atoms with Crippen LogP contribution in [-0.2, 0) is 4.74 Å². The molecule has 0 fully saturated rings. The predicted molar refractivity (Wildman–Crippen MR) is 59.1 cm³/mol. The van der Waals surface area contributed by atoms with Gasteiger partial charge in [0.25, 0.3) is 5.56 Å². The van der Waals surface area contributed by atoms with Gasteiger partial charge in [0, 0.05) is 19.2 Å². The molecule has 5 heteroatoms. The lowest BCUT2D eigenvalue weighted by Crippen LogP contribution is -2.25. The molecule has 0 saturated carbocycles. The third-order valence-electron chi connectivity index (χ3n) is 2.04. The van der Waals surface area contributed by atoms with E-state index < -0.39 is 0 Å². The number of hydrogen-bond donors (Lipinski definition) is 2. The summed E-state index contributed by atoms with van der Waals surface area (Å²) in [4.78, 5) is 11.0. The molecular weight excluding hydrogens is 194 g/mol. The number of methoxy groups -OCH3 is 1. The van der Waals surface area contributed by atoms with Crippen LogP contribution in [0.15, 0.2) is 17.1 Å². The highest BCUT2D eigenvalue weighted by atomic mass is 16.5. The van der Waals surface area contributed by atoms with Crippen molar-refractivity contribution >= 4 is 5.69 Å². The molecule has 0 radical (unpaired) electrons. The Hall–Kier alpha value is -1.36. The zero-order valence-corrected chi connectivity index (χ0v) is 9.12. The highest BCUT2D eigenvalue weighted by Crippen LogP contribution is 2.06. The van der Waals surface area contributed by atoms with Crippen LogP contribution in [0.25, 0.3) is 0 Å². The summed E-state index contributed by atoms with van der Waals surface area (Å²) in [6.45, 7) is 2.74. The van der Waals surface area contributed by atoms with Crippen LogP contribution in [0.2, 0.25) is 0 Å². The summed E-state index contributed by atoms with van der Waals surface area (Å²) in [5.41, 5.74) is 0.530. The summed E-state index contributed by atoms with van der Waals surface area (Å²) < 4.78 is 5.09. The molecule has 0 saturated heterocycles. The number of rotatable bonds is 6. The number of nitrogens with zero attached hydrogens (tertiary/aromatic N) is 1. The first-order valence-electron chi connectivity index (χ1n) is 5.06. The summed E-state index contributed by atoms with van der Waals surface area (Å²) >= 11 is 0. The molecule has 15 heavy (non-hydrogen) atoms. The van der Waals surface area contributed by atoms with Gasteiger partial charge in [-0.2, -0.15) is 5.10 Å². The number of ether oxygens (including phenoxy) is 1. The molecule has 1 atom stereocenters. The summed E-state index contributed by atoms with van der Waals surface area (Å²) in [7, 11) is 1.67. The lowest BCUT2D eigenvalue weighted by atomic mass is 10.2. The fourth-order valence-corrected chi connectivity index (χ4v) is 1.44. The van der Waals surface area contributed by atoms with E-state index in [0.29, 0.717) is 6.61 Å². The van der Waals surface area contributed by atoms with E-state index in [2.05, 4.69) is 22.4 Å². The Bertz CT molecular complexity index is 331. The van der Waals surface area contributed by atoms with E-state index in [1.54, 1.807) is 13.3 Å². The van der Waals surface area contributed by atoms with Gasteiger partial charge in [-0.15, -0.1) is 0 Å². The first-order chi connectivity index (χ1) is 7.26. The second-order valence-corrected chi connectivity index (χ2v) is 3.42. The summed E-state index contributed by atoms with van der Waals surface area (Å²) in [6.07, 6.45) is 3.66. The van der Waals surface area contributed by atoms with Crippen molar-refractivity contribution in [2.45, 2.75) is 25.8 Å². The molecule has 1 unspecified atom stereocenters. The molecule has 1 rings (SSSR count). The smallest absolute Gasteiger partial charge is 0.266 e. The molecule has 0 aliphatic heterocycles. The zero-order valence-electron chi connectivity index (χ0n) is 9.12. The second-order valence-electron chi connectivity index (χ2n) is 3.42. The van der Waals surface area contributed by atoms with Crippen molar-refractivity contribution in [3.05, 3.63) is 22.6 Å². The lowest BCUT2D eigenvalue weighted by molar-refractivity contribution is 0.182. The average Bonchev–Trinajstić information content (AvgIpc) is 2.18. The summed E-state index contributed by atoms with van der Waals surface area (Å²) in [5, 5.41) is 9.26. The van der Waals surface area contributed by atoms with Gasteiger partial charge < -0.3 is 10.1 Å². The van der Waals surface area contributed by atoms with Gasteiger partial charge in [0.2, 0.25) is 0 Å². The van der Waals surface area contributed by atoms with Gasteiger partial charge in [-0.25, -0.2) is 5.10 Å². The van der Waals surface area contributed by atoms with Crippen LogP contribution in [0.1, 0.15) is 19.8 Å². The highest BCUT2D eigenvalue weighted by Gasteiger charge is 2.07. The van der Waals surface area contributed by atoms with Crippen LogP contribution in [0.4, 0.5) is 5.69 Å². The first-order valence-corrected chi connectivity index (χ1v) is 5.06. The van der Waals surface area contributed by atoms with E-state index in [0.717, 1.165) is 18.5 Å². The molecule has 0 amide bonds. The molecule has 5 nitrogen and oxygen atoms in total. The number of anilines is 1. The van der Waals surface area contributed by atoms with Gasteiger partial charge in [-0.1, -0.05) is 13.3 Å². The fourth-order valence-electron chi connectivity index (χ4n) is 1.44. The minimum absolute atomic E-state index is 0.201. The van der Waals surface area contributed by atoms with Crippen molar-refractivity contribution in [2.75, 3.05) is 19.0 Å². The fraction of sp³-hybridized carbons (Fsp3) is 0.600. The molecule has 84 valence electrons. The van der Waals surface area contributed by atoms with Crippen molar-refractivity contribution in [1.29, 1.82) is 0 Å². The minimum Gasteiger partial charge on any atom is -0.383 e. The molecule has 1 heterocycles. The van der Waals surface area contributed by atoms with Crippen LogP contribution in [-0.4, -0.2) is 30.0 Å². The van der Waals surface area contributed by atoms with E-state index in [4.69, 9.17) is 4.74 Å². The van der Waals surface area contributed by atoms with Gasteiger partial charge in [0.1, 0.15) is 0 Å². The van der Waals surface area contributed by atoms with Crippen molar-refractivity contribution in [1.82, 2.24) is 10.2 Å². The number of nitrogens with one attached hydrogen (secondary N) is 2. The van der Waals surface area contributed by atoms with Crippen molar-refractivity contribution in [3.8, 4) is 0 Å². The van der Waals surface area contributed by atoms with E-state index >= 15 is 0 Å². The third-order valence-corrected chi connectivity index (χ3v) is 2.04. The average molecular weight is 211 g/mol. The van der Waals surface area contributed by atoms with Crippen LogP contribution in [0.3, 0.4) is 0 Å². The van der Waals surface area contributed by atoms with E-state index in [1.165, 1.54) is 6.07 Å². The first kappa shape index (κ1) is 11.7. The van der Waals surface area contributed by atoms with Crippen molar-refractivity contribution < 1.29 is 4.74 Å². The number of aromatic amines is 1. The Labute approximate surface area is 88.9 Å². The SMILES string of the molecule is CCCC(COC)Nc1cn[nH]c(=O)c1. The Kier molecular flexibility index (Phi) is 4.83. The van der Waals surface area contributed by atoms with Crippen molar-refractivity contribution in [3.63, 3.8) is 0 Å². The molecule has 0 bridgehead atoms. The van der Waals surface area contributed by atoms with E-state index in [9.17, 15) is 4.79 Å². The maximum Gasteiger partial charge on any atom is 0.266 e. The molecule has 0 aliphatic rings. The Morgan fingerprint density at radius 2 is 2.47 bits per heavy atom. The van der Waals surface area contributed by atoms with Gasteiger partial charge in [-0.05, 0) is 6.42 Å². The van der Waals surface area contributed by atoms with Gasteiger partial charge in [-0.3, -0.25) is 4.79 Å². The zero-order chi connectivity index (χ0) is 11.1. The summed E-state index contributed by atoms with van der Waals surface area (Å²) in [5.74, 6) is 0. The topological polar surface area (TPSA) is 67.0 Å². The van der Waals surface area contributed by atoms with Crippen LogP contribution in [0, 0.1) is 0 Å². The molecule has 0 aromatic carbocycles. The molecule has 2 N–H and O–H groups in total. The maximum atomic E-state index is 11.0. The second kappa shape index (κ2) is 6.19. The predicted octanol–water partition coefficient (Wildman–Crippen LogP) is 0.997. The van der Waals surface area contributed by atoms with E-state index in [1.807, 2.05) is 0 Å². The van der Waals surface area contributed by atoms with Crippen LogP contribution >= 0.6 is 0 Å². The van der Waals surface area contributed by atoms with Gasteiger partial charge in [0.05, 0.1) is 18.5 Å². The molecular formula is C10H17N3O2. The highest BCUT2D eigenvalue weighted by molar-refractivity contribution is 5.39. The third kappa shape index (κ3) is 4.12. The monoisotopic (exact) mass is 211 g/mol. The van der Waals surface area contributed by atoms with E-state index in [-0.39, 0.29) is 11.6 Å². The van der Waals surface area contributed by atoms with Crippen LogP contribution < -0.4 is 10.9 Å². The largest absolute Gasteiger partial charge is 0.383 e. The molecule has 1 aromatic heterocycles. The Morgan fingerprint density at radius 1 is 1.67 bits per heavy atom. The number of H-pyrrole nitrogens is 1. The van der Waals surface area contributed by atoms with Gasteiger partial charge in [0.15, 0.2) is 0 Å². The van der Waals surface area contributed by atoms with Crippen LogP contribution in [0.5, 0.6) is 0 Å². The molecule has 0 aliphatic carbocycles. The number of hydrogen-bond acceptors (Lipinski definition) is 4. The summed E-state index contributed by atoms with van der Waals surface area (Å²) in [6, 6.07) is 1.72.